The molecular formula is C6H13NOS. The molecule has 9 heavy (non-hydrogen) atoms. The SMILES string of the molecule is CC(C)C(C)NC(O)=S. The van der Waals surface area contributed by atoms with Crippen molar-refractivity contribution in [3.05, 3.63) is 0 Å². The summed E-state index contributed by atoms with van der Waals surface area (Å²) in [5.74, 6) is 0.495. The van der Waals surface area contributed by atoms with Crippen LogP contribution in [-0.2, 0) is 0 Å². The second-order valence-electron chi connectivity index (χ2n) is 2.48. The molecule has 0 saturated heterocycles. The number of nitrogens with one attached hydrogen (secondary N) is 1. The van der Waals surface area contributed by atoms with Crippen molar-refractivity contribution in [2.75, 3.05) is 0 Å². The Morgan fingerprint density at radius 2 is 1.89 bits per heavy atom. The van der Waals surface area contributed by atoms with Crippen molar-refractivity contribution in [3.8, 4) is 0 Å². The molecule has 0 heterocycles. The van der Waals surface area contributed by atoms with E-state index in [0.717, 1.165) is 0 Å². The quantitative estimate of drug-likeness (QED) is 0.580. The number of hydrogen-bond acceptors (Lipinski definition) is 1. The fraction of sp³-hybridized carbons (Fsp3) is 0.833. The van der Waals surface area contributed by atoms with Crippen LogP contribution in [0.4, 0.5) is 0 Å². The highest BCUT2D eigenvalue weighted by Crippen LogP contribution is 1.98. The van der Waals surface area contributed by atoms with Gasteiger partial charge in [0, 0.05) is 6.04 Å². The number of thiocarbonyl (C=S) groups is 1. The molecule has 2 N–H and O–H groups in total. The van der Waals surface area contributed by atoms with Crippen molar-refractivity contribution in [1.82, 2.24) is 5.32 Å². The number of aliphatic hydroxyl groups excluding tert-OH is 1. The lowest BCUT2D eigenvalue weighted by molar-refractivity contribution is 0.441. The van der Waals surface area contributed by atoms with E-state index >= 15 is 0 Å². The van der Waals surface area contributed by atoms with Crippen LogP contribution in [0, 0.1) is 5.92 Å². The molecule has 0 fully saturated rings. The minimum atomic E-state index is -0.115. The van der Waals surface area contributed by atoms with Crippen LogP contribution >= 0.6 is 12.2 Å². The van der Waals surface area contributed by atoms with Crippen molar-refractivity contribution >= 4 is 17.4 Å². The molecule has 0 aromatic rings. The van der Waals surface area contributed by atoms with Gasteiger partial charge in [-0.05, 0) is 25.1 Å². The molecule has 0 aliphatic rings. The van der Waals surface area contributed by atoms with E-state index in [1.165, 1.54) is 0 Å². The predicted molar refractivity (Wildman–Crippen MR) is 42.7 cm³/mol. The predicted octanol–water partition coefficient (Wildman–Crippen LogP) is 1.46. The minimum absolute atomic E-state index is 0.115. The van der Waals surface area contributed by atoms with Crippen LogP contribution in [0.3, 0.4) is 0 Å². The third kappa shape index (κ3) is 4.21. The standard InChI is InChI=1S/C6H13NOS/c1-4(2)5(3)7-6(8)9/h4-5H,1-3H3,(H2,7,8,9). The van der Waals surface area contributed by atoms with E-state index in [1.54, 1.807) is 0 Å². The molecule has 0 aliphatic carbocycles. The van der Waals surface area contributed by atoms with E-state index in [9.17, 15) is 0 Å². The Labute approximate surface area is 61.3 Å². The second-order valence-corrected chi connectivity index (χ2v) is 2.87. The molecule has 0 radical (unpaired) electrons. The molecule has 0 aromatic heterocycles. The summed E-state index contributed by atoms with van der Waals surface area (Å²) >= 11 is 4.44. The smallest absolute Gasteiger partial charge is 0.254 e. The van der Waals surface area contributed by atoms with Crippen LogP contribution < -0.4 is 5.32 Å². The first-order chi connectivity index (χ1) is 4.04. The summed E-state index contributed by atoms with van der Waals surface area (Å²) in [5, 5.41) is 11.2. The minimum Gasteiger partial charge on any atom is -0.487 e. The van der Waals surface area contributed by atoms with Crippen molar-refractivity contribution in [2.45, 2.75) is 26.8 Å². The summed E-state index contributed by atoms with van der Waals surface area (Å²) in [7, 11) is 0. The number of hydrogen-bond donors (Lipinski definition) is 2. The van der Waals surface area contributed by atoms with Gasteiger partial charge in [0.25, 0.3) is 5.17 Å². The zero-order valence-corrected chi connectivity index (χ0v) is 6.83. The van der Waals surface area contributed by atoms with Gasteiger partial charge in [0.15, 0.2) is 0 Å². The Kier molecular flexibility index (Phi) is 3.54. The van der Waals surface area contributed by atoms with Crippen LogP contribution in [0.15, 0.2) is 0 Å². The van der Waals surface area contributed by atoms with Crippen molar-refractivity contribution in [3.63, 3.8) is 0 Å². The first-order valence-electron chi connectivity index (χ1n) is 3.03. The molecule has 1 unspecified atom stereocenters. The molecule has 0 bridgehead atoms. The monoisotopic (exact) mass is 147 g/mol. The van der Waals surface area contributed by atoms with Crippen LogP contribution in [0.2, 0.25) is 0 Å². The summed E-state index contributed by atoms with van der Waals surface area (Å²) in [4.78, 5) is 0. The van der Waals surface area contributed by atoms with Crippen LogP contribution in [0.1, 0.15) is 20.8 Å². The van der Waals surface area contributed by atoms with Gasteiger partial charge in [0.1, 0.15) is 0 Å². The average Bonchev–Trinajstić information content (AvgIpc) is 1.63. The maximum Gasteiger partial charge on any atom is 0.254 e. The summed E-state index contributed by atoms with van der Waals surface area (Å²) in [6, 6.07) is 0.252. The molecule has 2 nitrogen and oxygen atoms in total. The second kappa shape index (κ2) is 3.67. The molecule has 0 rings (SSSR count). The lowest BCUT2D eigenvalue weighted by Crippen LogP contribution is -2.34. The van der Waals surface area contributed by atoms with Crippen molar-refractivity contribution < 1.29 is 5.11 Å². The first kappa shape index (κ1) is 8.69. The van der Waals surface area contributed by atoms with Gasteiger partial charge in [-0.15, -0.1) is 0 Å². The summed E-state index contributed by atoms with van der Waals surface area (Å²) < 4.78 is 0. The largest absolute Gasteiger partial charge is 0.487 e. The third-order valence-electron chi connectivity index (χ3n) is 1.35. The normalized spacial score (nSPS) is 13.3. The summed E-state index contributed by atoms with van der Waals surface area (Å²) in [6.07, 6.45) is 0. The van der Waals surface area contributed by atoms with E-state index in [1.807, 2.05) is 6.92 Å². The van der Waals surface area contributed by atoms with Gasteiger partial charge in [-0.2, -0.15) is 0 Å². The van der Waals surface area contributed by atoms with E-state index < -0.39 is 0 Å². The van der Waals surface area contributed by atoms with E-state index in [4.69, 9.17) is 5.11 Å². The topological polar surface area (TPSA) is 32.3 Å². The Balaban J connectivity index is 3.50. The lowest BCUT2D eigenvalue weighted by atomic mass is 10.1. The maximum absolute atomic E-state index is 8.59. The zero-order chi connectivity index (χ0) is 7.44. The molecule has 54 valence electrons. The lowest BCUT2D eigenvalue weighted by Gasteiger charge is -2.15. The van der Waals surface area contributed by atoms with Crippen molar-refractivity contribution in [1.29, 1.82) is 0 Å². The van der Waals surface area contributed by atoms with Gasteiger partial charge in [-0.25, -0.2) is 0 Å². The maximum atomic E-state index is 8.59. The average molecular weight is 147 g/mol. The molecule has 0 aliphatic heterocycles. The Morgan fingerprint density at radius 3 is 2.00 bits per heavy atom. The van der Waals surface area contributed by atoms with Crippen LogP contribution in [-0.4, -0.2) is 16.3 Å². The molecule has 3 heteroatoms. The molecule has 0 saturated carbocycles. The number of rotatable bonds is 2. The third-order valence-corrected chi connectivity index (χ3v) is 1.47. The van der Waals surface area contributed by atoms with E-state index in [-0.39, 0.29) is 11.2 Å². The fourth-order valence-corrected chi connectivity index (χ4v) is 0.547. The highest BCUT2D eigenvalue weighted by atomic mass is 32.1. The molecule has 1 atom stereocenters. The molecule has 0 amide bonds. The van der Waals surface area contributed by atoms with Gasteiger partial charge >= 0.3 is 0 Å². The van der Waals surface area contributed by atoms with Gasteiger partial charge in [0.2, 0.25) is 0 Å². The van der Waals surface area contributed by atoms with Crippen LogP contribution in [0.5, 0.6) is 0 Å². The Morgan fingerprint density at radius 1 is 1.44 bits per heavy atom. The Bertz CT molecular complexity index is 103. The van der Waals surface area contributed by atoms with Gasteiger partial charge in [0.05, 0.1) is 0 Å². The van der Waals surface area contributed by atoms with E-state index in [2.05, 4.69) is 31.4 Å². The fourth-order valence-electron chi connectivity index (χ4n) is 0.361. The van der Waals surface area contributed by atoms with E-state index in [0.29, 0.717) is 5.92 Å². The molecule has 0 aromatic carbocycles. The summed E-state index contributed by atoms with van der Waals surface area (Å²) in [5.41, 5.74) is 0. The van der Waals surface area contributed by atoms with Gasteiger partial charge < -0.3 is 10.4 Å². The summed E-state index contributed by atoms with van der Waals surface area (Å²) in [6.45, 7) is 6.11. The van der Waals surface area contributed by atoms with Crippen molar-refractivity contribution in [2.24, 2.45) is 5.92 Å². The highest BCUT2D eigenvalue weighted by molar-refractivity contribution is 7.79. The first-order valence-corrected chi connectivity index (χ1v) is 3.44. The zero-order valence-electron chi connectivity index (χ0n) is 6.01. The molecular weight excluding hydrogens is 134 g/mol. The van der Waals surface area contributed by atoms with Gasteiger partial charge in [-0.1, -0.05) is 13.8 Å². The van der Waals surface area contributed by atoms with Gasteiger partial charge in [-0.3, -0.25) is 0 Å². The number of aliphatic hydroxyl groups is 1. The van der Waals surface area contributed by atoms with Crippen LogP contribution in [0.25, 0.3) is 0 Å². The Hall–Kier alpha value is -0.310. The molecule has 0 spiro atoms. The highest BCUT2D eigenvalue weighted by Gasteiger charge is 2.05.